The van der Waals surface area contributed by atoms with Crippen molar-refractivity contribution >= 4 is 33.2 Å². The summed E-state index contributed by atoms with van der Waals surface area (Å²) in [6.45, 7) is -1.90. The molecule has 1 aromatic heterocycles. The first-order valence-electron chi connectivity index (χ1n) is 6.77. The molecule has 0 unspecified atom stereocenters. The summed E-state index contributed by atoms with van der Waals surface area (Å²) in [7, 11) is 1.65. The molecule has 0 fully saturated rings. The predicted octanol–water partition coefficient (Wildman–Crippen LogP) is 3.98. The van der Waals surface area contributed by atoms with Crippen LogP contribution >= 0.6 is 27.3 Å². The zero-order chi connectivity index (χ0) is 16.7. The van der Waals surface area contributed by atoms with E-state index in [1.54, 1.807) is 30.5 Å². The summed E-state index contributed by atoms with van der Waals surface area (Å²) in [5.41, 5.74) is 1.76. The Morgan fingerprint density at radius 1 is 1.30 bits per heavy atom. The Kier molecular flexibility index (Phi) is 6.79. The molecule has 0 bridgehead atoms. The van der Waals surface area contributed by atoms with Crippen molar-refractivity contribution in [2.45, 2.75) is 19.7 Å². The number of alkyl halides is 2. The summed E-state index contributed by atoms with van der Waals surface area (Å²) in [5.74, 6) is 0.725. The number of halogens is 3. The summed E-state index contributed by atoms with van der Waals surface area (Å²) >= 11 is 4.95. The number of ether oxygens (including phenoxy) is 1. The molecule has 2 aromatic rings. The van der Waals surface area contributed by atoms with E-state index < -0.39 is 6.61 Å². The Balaban J connectivity index is 1.96. The average molecular weight is 404 g/mol. The zero-order valence-corrected chi connectivity index (χ0v) is 14.8. The highest BCUT2D eigenvalue weighted by molar-refractivity contribution is 9.10. The van der Waals surface area contributed by atoms with E-state index in [0.29, 0.717) is 24.6 Å². The standard InChI is InChI=1S/C15H16BrF2N3OS/c1-19-15(20-7-10-4-5-23-9-10)21-8-11-6-12(16)2-3-13(11)22-14(17)18/h2-6,9,14H,7-8H2,1H3,(H2,19,20,21). The van der Waals surface area contributed by atoms with Crippen LogP contribution in [0, 0.1) is 0 Å². The SMILES string of the molecule is CN=C(NCc1ccsc1)NCc1cc(Br)ccc1OC(F)F. The highest BCUT2D eigenvalue weighted by Gasteiger charge is 2.10. The van der Waals surface area contributed by atoms with Crippen molar-refractivity contribution in [3.05, 3.63) is 50.6 Å². The van der Waals surface area contributed by atoms with Gasteiger partial charge in [0.15, 0.2) is 5.96 Å². The van der Waals surface area contributed by atoms with E-state index in [1.807, 2.05) is 16.8 Å². The van der Waals surface area contributed by atoms with Gasteiger partial charge < -0.3 is 15.4 Å². The topological polar surface area (TPSA) is 45.7 Å². The van der Waals surface area contributed by atoms with Gasteiger partial charge in [-0.25, -0.2) is 0 Å². The quantitative estimate of drug-likeness (QED) is 0.566. The lowest BCUT2D eigenvalue weighted by Crippen LogP contribution is -2.36. The van der Waals surface area contributed by atoms with E-state index in [2.05, 4.69) is 36.3 Å². The van der Waals surface area contributed by atoms with E-state index in [9.17, 15) is 8.78 Å². The number of thiophene rings is 1. The monoisotopic (exact) mass is 403 g/mol. The van der Waals surface area contributed by atoms with Gasteiger partial charge in [-0.1, -0.05) is 15.9 Å². The minimum atomic E-state index is -2.86. The van der Waals surface area contributed by atoms with Crippen molar-refractivity contribution < 1.29 is 13.5 Å². The molecule has 2 N–H and O–H groups in total. The van der Waals surface area contributed by atoms with E-state index in [4.69, 9.17) is 0 Å². The van der Waals surface area contributed by atoms with Gasteiger partial charge >= 0.3 is 6.61 Å². The molecule has 0 aliphatic heterocycles. The van der Waals surface area contributed by atoms with Crippen LogP contribution in [0.2, 0.25) is 0 Å². The molecule has 23 heavy (non-hydrogen) atoms. The normalized spacial score (nSPS) is 11.6. The van der Waals surface area contributed by atoms with E-state index in [-0.39, 0.29) is 5.75 Å². The van der Waals surface area contributed by atoms with Crippen molar-refractivity contribution in [2.24, 2.45) is 4.99 Å². The van der Waals surface area contributed by atoms with Crippen molar-refractivity contribution in [3.8, 4) is 5.75 Å². The molecule has 124 valence electrons. The molecule has 2 rings (SSSR count). The van der Waals surface area contributed by atoms with Gasteiger partial charge in [0.05, 0.1) is 0 Å². The maximum Gasteiger partial charge on any atom is 0.387 e. The van der Waals surface area contributed by atoms with Crippen molar-refractivity contribution in [1.29, 1.82) is 0 Å². The van der Waals surface area contributed by atoms with Gasteiger partial charge in [-0.05, 0) is 40.6 Å². The Morgan fingerprint density at radius 3 is 2.74 bits per heavy atom. The zero-order valence-electron chi connectivity index (χ0n) is 12.4. The first kappa shape index (κ1) is 17.7. The number of aliphatic imine (C=N–C) groups is 1. The van der Waals surface area contributed by atoms with E-state index in [1.165, 1.54) is 6.07 Å². The summed E-state index contributed by atoms with van der Waals surface area (Å²) in [5, 5.41) is 10.3. The molecule has 1 aromatic carbocycles. The summed E-state index contributed by atoms with van der Waals surface area (Å²) in [6, 6.07) is 6.92. The lowest BCUT2D eigenvalue weighted by molar-refractivity contribution is -0.0504. The third-order valence-corrected chi connectivity index (χ3v) is 4.17. The number of nitrogens with zero attached hydrogens (tertiary/aromatic N) is 1. The minimum absolute atomic E-state index is 0.143. The van der Waals surface area contributed by atoms with Crippen LogP contribution in [-0.4, -0.2) is 19.6 Å². The average Bonchev–Trinajstić information content (AvgIpc) is 3.03. The number of hydrogen-bond donors (Lipinski definition) is 2. The van der Waals surface area contributed by atoms with Gasteiger partial charge in [-0.2, -0.15) is 20.1 Å². The Bertz CT molecular complexity index is 650. The predicted molar refractivity (Wildman–Crippen MR) is 92.1 cm³/mol. The minimum Gasteiger partial charge on any atom is -0.434 e. The molecule has 0 aliphatic carbocycles. The second-order valence-corrected chi connectivity index (χ2v) is 6.24. The lowest BCUT2D eigenvalue weighted by Gasteiger charge is -2.14. The van der Waals surface area contributed by atoms with Crippen molar-refractivity contribution in [1.82, 2.24) is 10.6 Å². The molecule has 8 heteroatoms. The number of rotatable bonds is 6. The smallest absolute Gasteiger partial charge is 0.387 e. The van der Waals surface area contributed by atoms with Crippen LogP contribution in [0.15, 0.2) is 44.5 Å². The number of benzene rings is 1. The van der Waals surface area contributed by atoms with Gasteiger partial charge in [0, 0.05) is 30.2 Å². The number of hydrogen-bond acceptors (Lipinski definition) is 3. The molecular formula is C15H16BrF2N3OS. The highest BCUT2D eigenvalue weighted by Crippen LogP contribution is 2.24. The first-order chi connectivity index (χ1) is 11.1. The van der Waals surface area contributed by atoms with Crippen LogP contribution in [0.5, 0.6) is 5.75 Å². The molecule has 1 heterocycles. The van der Waals surface area contributed by atoms with Gasteiger partial charge in [0.2, 0.25) is 0 Å². The molecule has 0 aliphatic rings. The van der Waals surface area contributed by atoms with Crippen molar-refractivity contribution in [2.75, 3.05) is 7.05 Å². The van der Waals surface area contributed by atoms with Crippen LogP contribution in [0.4, 0.5) is 8.78 Å². The third-order valence-electron chi connectivity index (χ3n) is 2.95. The van der Waals surface area contributed by atoms with Crippen LogP contribution in [0.3, 0.4) is 0 Å². The molecule has 0 spiro atoms. The van der Waals surface area contributed by atoms with Gasteiger partial charge in [-0.15, -0.1) is 0 Å². The molecule has 0 atom stereocenters. The summed E-state index contributed by atoms with van der Waals surface area (Å²) < 4.78 is 30.2. The summed E-state index contributed by atoms with van der Waals surface area (Å²) in [4.78, 5) is 4.11. The molecule has 4 nitrogen and oxygen atoms in total. The van der Waals surface area contributed by atoms with Crippen LogP contribution < -0.4 is 15.4 Å². The lowest BCUT2D eigenvalue weighted by atomic mass is 10.2. The second-order valence-electron chi connectivity index (χ2n) is 4.54. The molecule has 0 saturated carbocycles. The summed E-state index contributed by atoms with van der Waals surface area (Å²) in [6.07, 6.45) is 0. The molecule has 0 amide bonds. The fraction of sp³-hybridized carbons (Fsp3) is 0.267. The largest absolute Gasteiger partial charge is 0.434 e. The fourth-order valence-electron chi connectivity index (χ4n) is 1.88. The van der Waals surface area contributed by atoms with Crippen LogP contribution in [0.1, 0.15) is 11.1 Å². The maximum atomic E-state index is 12.5. The first-order valence-corrected chi connectivity index (χ1v) is 8.51. The van der Waals surface area contributed by atoms with E-state index >= 15 is 0 Å². The van der Waals surface area contributed by atoms with Crippen LogP contribution in [0.25, 0.3) is 0 Å². The highest BCUT2D eigenvalue weighted by atomic mass is 79.9. The molecule has 0 saturated heterocycles. The van der Waals surface area contributed by atoms with E-state index in [0.717, 1.165) is 10.0 Å². The third kappa shape index (κ3) is 5.80. The second kappa shape index (κ2) is 8.83. The van der Waals surface area contributed by atoms with Crippen LogP contribution in [-0.2, 0) is 13.1 Å². The Hall–Kier alpha value is -1.67. The van der Waals surface area contributed by atoms with Crippen molar-refractivity contribution in [3.63, 3.8) is 0 Å². The fourth-order valence-corrected chi connectivity index (χ4v) is 2.95. The van der Waals surface area contributed by atoms with Gasteiger partial charge in [0.25, 0.3) is 0 Å². The number of nitrogens with one attached hydrogen (secondary N) is 2. The Labute approximate surface area is 145 Å². The molecular weight excluding hydrogens is 388 g/mol. The molecule has 0 radical (unpaired) electrons. The van der Waals surface area contributed by atoms with Gasteiger partial charge in [-0.3, -0.25) is 4.99 Å². The number of guanidine groups is 1. The van der Waals surface area contributed by atoms with Gasteiger partial charge in [0.1, 0.15) is 5.75 Å². The maximum absolute atomic E-state index is 12.5. The Morgan fingerprint density at radius 2 is 2.09 bits per heavy atom.